The predicted octanol–water partition coefficient (Wildman–Crippen LogP) is 4.47. The molecule has 2 atom stereocenters. The molecule has 0 amide bonds. The Balaban J connectivity index is 0.000000200. The van der Waals surface area contributed by atoms with Gasteiger partial charge in [-0.05, 0) is 62.2 Å². The van der Waals surface area contributed by atoms with Crippen LogP contribution in [0, 0.1) is 74.0 Å². The molecule has 29 heavy (non-hydrogen) atoms. The Morgan fingerprint density at radius 3 is 1.21 bits per heavy atom. The topological polar surface area (TPSA) is 43.2 Å². The fraction of sp³-hybridized carbons (Fsp3) is 0.500. The second-order valence-electron chi connectivity index (χ2n) is 9.60. The van der Waals surface area contributed by atoms with Crippen molar-refractivity contribution >= 4 is 11.8 Å². The quantitative estimate of drug-likeness (QED) is 0.600. The van der Waals surface area contributed by atoms with Gasteiger partial charge in [-0.3, -0.25) is 0 Å². The van der Waals surface area contributed by atoms with Crippen LogP contribution < -0.4 is 0 Å². The Morgan fingerprint density at radius 1 is 0.655 bits per heavy atom. The molecular formula is C24H32FeN2O2. The van der Waals surface area contributed by atoms with Crippen LogP contribution in [0.15, 0.2) is 9.98 Å². The molecule has 4 aliphatic rings. The van der Waals surface area contributed by atoms with Gasteiger partial charge in [0.15, 0.2) is 11.8 Å². The van der Waals surface area contributed by atoms with Gasteiger partial charge in [0.1, 0.15) is 13.2 Å². The average Bonchev–Trinajstić information content (AvgIpc) is 3.43. The maximum Gasteiger partial charge on any atom is 0.191 e. The predicted molar refractivity (Wildman–Crippen MR) is 114 cm³/mol. The van der Waals surface area contributed by atoms with Crippen LogP contribution in [-0.2, 0) is 26.5 Å². The molecule has 2 aliphatic heterocycles. The Bertz CT molecular complexity index is 525. The summed E-state index contributed by atoms with van der Waals surface area (Å²) in [6.45, 7) is 14.6. The van der Waals surface area contributed by atoms with Crippen molar-refractivity contribution in [2.45, 2.75) is 53.6 Å². The fourth-order valence-electron chi connectivity index (χ4n) is 2.98. The zero-order valence-electron chi connectivity index (χ0n) is 18.3. The van der Waals surface area contributed by atoms with Gasteiger partial charge in [-0.25, -0.2) is 9.98 Å². The van der Waals surface area contributed by atoms with E-state index in [2.05, 4.69) is 51.5 Å². The van der Waals surface area contributed by atoms with Crippen molar-refractivity contribution in [3.8, 4) is 0 Å². The Kier molecular flexibility index (Phi) is 8.68. The first-order valence-corrected chi connectivity index (χ1v) is 10.00. The Morgan fingerprint density at radius 2 is 0.966 bits per heavy atom. The molecule has 0 N–H and O–H groups in total. The van der Waals surface area contributed by atoms with Gasteiger partial charge in [0.25, 0.3) is 0 Å². The number of nitrogens with zero attached hydrogens (tertiary/aromatic N) is 2. The first-order chi connectivity index (χ1) is 13.1. The zero-order chi connectivity index (χ0) is 20.4. The molecule has 5 heteroatoms. The minimum Gasteiger partial charge on any atom is -0.478 e. The number of rotatable bonds is 2. The molecule has 0 bridgehead atoms. The van der Waals surface area contributed by atoms with E-state index in [0.29, 0.717) is 13.2 Å². The minimum atomic E-state index is 0. The molecule has 2 heterocycles. The molecule has 2 saturated carbocycles. The third kappa shape index (κ3) is 6.72. The second-order valence-corrected chi connectivity index (χ2v) is 9.60. The number of aliphatic imine (C=N–C) groups is 2. The maximum absolute atomic E-state index is 5.59. The van der Waals surface area contributed by atoms with E-state index in [1.54, 1.807) is 0 Å². The standard InChI is InChI=1S/2C12H16NO.Fe/c2*1-12(2,3)10-8-14-11(13-10)9-6-4-5-7-9;/h2*4-7,10H,8H2,1-3H3;/t2*10-;/m11./s1. The van der Waals surface area contributed by atoms with Crippen molar-refractivity contribution in [2.75, 3.05) is 13.2 Å². The van der Waals surface area contributed by atoms with Crippen molar-refractivity contribution in [2.24, 2.45) is 20.8 Å². The normalized spacial score (nSPS) is 28.1. The second kappa shape index (κ2) is 10.2. The van der Waals surface area contributed by atoms with Crippen LogP contribution in [0.25, 0.3) is 0 Å². The summed E-state index contributed by atoms with van der Waals surface area (Å²) >= 11 is 0. The smallest absolute Gasteiger partial charge is 0.191 e. The summed E-state index contributed by atoms with van der Waals surface area (Å²) in [7, 11) is 0. The summed E-state index contributed by atoms with van der Waals surface area (Å²) in [6, 6.07) is 0.569. The van der Waals surface area contributed by atoms with E-state index in [9.17, 15) is 0 Å². The number of hydrogen-bond donors (Lipinski definition) is 0. The van der Waals surface area contributed by atoms with Crippen molar-refractivity contribution < 1.29 is 26.5 Å². The SMILES string of the molecule is CC(C)(C)[C@H]1COC([C]2[CH][CH][CH][CH]2)=N1.CC(C)(C)[C@H]1COC([C]2[CH][CH][CH][CH]2)=N1.[Fe]. The van der Waals surface area contributed by atoms with Crippen LogP contribution in [0.5, 0.6) is 0 Å². The van der Waals surface area contributed by atoms with Gasteiger partial charge in [0, 0.05) is 17.1 Å². The molecular weight excluding hydrogens is 404 g/mol. The maximum atomic E-state index is 5.59. The molecule has 2 fully saturated rings. The molecule has 0 aromatic carbocycles. The summed E-state index contributed by atoms with van der Waals surface area (Å²) in [5, 5.41) is 0. The van der Waals surface area contributed by atoms with Gasteiger partial charge in [-0.1, -0.05) is 41.5 Å². The van der Waals surface area contributed by atoms with Crippen molar-refractivity contribution in [3.05, 3.63) is 63.2 Å². The van der Waals surface area contributed by atoms with E-state index in [1.807, 2.05) is 51.4 Å². The summed E-state index contributed by atoms with van der Waals surface area (Å²) < 4.78 is 11.2. The van der Waals surface area contributed by atoms with Gasteiger partial charge in [0.05, 0.1) is 23.9 Å². The van der Waals surface area contributed by atoms with E-state index in [-0.39, 0.29) is 40.0 Å². The van der Waals surface area contributed by atoms with Crippen LogP contribution >= 0.6 is 0 Å². The van der Waals surface area contributed by atoms with E-state index in [1.165, 1.54) is 0 Å². The molecule has 0 saturated heterocycles. The molecule has 0 aromatic heterocycles. The Labute approximate surface area is 189 Å². The van der Waals surface area contributed by atoms with E-state index in [4.69, 9.17) is 9.47 Å². The van der Waals surface area contributed by atoms with Crippen LogP contribution in [0.2, 0.25) is 0 Å². The van der Waals surface area contributed by atoms with Gasteiger partial charge in [0.2, 0.25) is 0 Å². The van der Waals surface area contributed by atoms with Gasteiger partial charge in [-0.15, -0.1) is 0 Å². The molecule has 158 valence electrons. The summed E-state index contributed by atoms with van der Waals surface area (Å²) in [4.78, 5) is 9.19. The van der Waals surface area contributed by atoms with E-state index in [0.717, 1.165) is 23.6 Å². The van der Waals surface area contributed by atoms with E-state index < -0.39 is 0 Å². The van der Waals surface area contributed by atoms with Gasteiger partial charge >= 0.3 is 0 Å². The molecule has 0 unspecified atom stereocenters. The summed E-state index contributed by atoms with van der Waals surface area (Å²) in [5.74, 6) is 3.79. The largest absolute Gasteiger partial charge is 0.478 e. The van der Waals surface area contributed by atoms with Crippen molar-refractivity contribution in [3.63, 3.8) is 0 Å². The molecule has 4 nitrogen and oxygen atoms in total. The van der Waals surface area contributed by atoms with Gasteiger partial charge < -0.3 is 9.47 Å². The van der Waals surface area contributed by atoms with Crippen LogP contribution in [0.4, 0.5) is 0 Å². The van der Waals surface area contributed by atoms with Crippen LogP contribution in [-0.4, -0.2) is 37.1 Å². The molecule has 10 radical (unpaired) electrons. The third-order valence-electron chi connectivity index (χ3n) is 5.12. The summed E-state index contributed by atoms with van der Waals surface area (Å²) in [5.41, 5.74) is 0.378. The Hall–Kier alpha value is -0.541. The molecule has 0 spiro atoms. The first kappa shape index (κ1) is 24.7. The number of ether oxygens (including phenoxy) is 2. The molecule has 0 aromatic rings. The van der Waals surface area contributed by atoms with Crippen molar-refractivity contribution in [1.29, 1.82) is 0 Å². The van der Waals surface area contributed by atoms with Crippen molar-refractivity contribution in [1.82, 2.24) is 0 Å². The molecule has 2 aliphatic carbocycles. The monoisotopic (exact) mass is 436 g/mol. The fourth-order valence-corrected chi connectivity index (χ4v) is 2.98. The average molecular weight is 436 g/mol. The summed E-state index contributed by atoms with van der Waals surface area (Å²) in [6.07, 6.45) is 16.1. The van der Waals surface area contributed by atoms with Crippen LogP contribution in [0.1, 0.15) is 41.5 Å². The molecule has 4 rings (SSSR count). The van der Waals surface area contributed by atoms with Gasteiger partial charge in [-0.2, -0.15) is 0 Å². The minimum absolute atomic E-state index is 0. The number of hydrogen-bond acceptors (Lipinski definition) is 4. The first-order valence-electron chi connectivity index (χ1n) is 10.00. The van der Waals surface area contributed by atoms with E-state index >= 15 is 0 Å². The van der Waals surface area contributed by atoms with Crippen LogP contribution in [0.3, 0.4) is 0 Å². The third-order valence-corrected chi connectivity index (χ3v) is 5.12. The zero-order valence-corrected chi connectivity index (χ0v) is 19.4.